The van der Waals surface area contributed by atoms with Gasteiger partial charge in [0.05, 0.1) is 29.0 Å². The van der Waals surface area contributed by atoms with Crippen molar-refractivity contribution in [3.05, 3.63) is 35.2 Å². The molecule has 0 bridgehead atoms. The lowest BCUT2D eigenvalue weighted by molar-refractivity contribution is 0.460. The molecule has 0 spiro atoms. The minimum absolute atomic E-state index is 0.255. The number of alkyl halides is 1. The molecule has 6 heteroatoms. The first-order valence-electron chi connectivity index (χ1n) is 5.64. The van der Waals surface area contributed by atoms with Crippen LogP contribution in [0.5, 0.6) is 11.6 Å². The minimum Gasteiger partial charge on any atom is -0.436 e. The van der Waals surface area contributed by atoms with E-state index in [-0.39, 0.29) is 5.88 Å². The van der Waals surface area contributed by atoms with Crippen LogP contribution in [0.3, 0.4) is 0 Å². The smallest absolute Gasteiger partial charge is 0.219 e. The Bertz CT molecular complexity index is 528. The highest BCUT2D eigenvalue weighted by atomic mass is 35.5. The lowest BCUT2D eigenvalue weighted by Gasteiger charge is -2.04. The third kappa shape index (κ3) is 3.15. The number of pyridine rings is 1. The van der Waals surface area contributed by atoms with Crippen molar-refractivity contribution < 1.29 is 4.74 Å². The van der Waals surface area contributed by atoms with Crippen molar-refractivity contribution in [2.24, 2.45) is 0 Å². The van der Waals surface area contributed by atoms with E-state index in [0.29, 0.717) is 22.3 Å². The van der Waals surface area contributed by atoms with Crippen LogP contribution in [0.2, 0.25) is 5.02 Å². The first-order valence-corrected chi connectivity index (χ1v) is 6.56. The van der Waals surface area contributed by atoms with Crippen LogP contribution in [-0.2, 0) is 12.4 Å². The summed E-state index contributed by atoms with van der Waals surface area (Å²) in [5.41, 5.74) is 0.608. The summed E-state index contributed by atoms with van der Waals surface area (Å²) in [6, 6.07) is 3.42. The summed E-state index contributed by atoms with van der Waals surface area (Å²) in [5.74, 6) is 1.37. The topological polar surface area (TPSA) is 39.9 Å². The van der Waals surface area contributed by atoms with Gasteiger partial charge in [-0.25, -0.2) is 4.98 Å². The fourth-order valence-electron chi connectivity index (χ4n) is 1.48. The molecule has 0 aliphatic heterocycles. The molecule has 96 valence electrons. The average Bonchev–Trinajstić information content (AvgIpc) is 2.80. The predicted molar refractivity (Wildman–Crippen MR) is 71.4 cm³/mol. The van der Waals surface area contributed by atoms with Crippen molar-refractivity contribution in [2.45, 2.75) is 25.8 Å². The second-order valence-corrected chi connectivity index (χ2v) is 4.43. The van der Waals surface area contributed by atoms with Gasteiger partial charge in [-0.2, -0.15) is 5.10 Å². The van der Waals surface area contributed by atoms with E-state index < -0.39 is 0 Å². The number of rotatable bonds is 5. The molecular weight excluding hydrogens is 273 g/mol. The normalized spacial score (nSPS) is 10.6. The minimum atomic E-state index is 0.255. The van der Waals surface area contributed by atoms with E-state index in [4.69, 9.17) is 27.9 Å². The van der Waals surface area contributed by atoms with Gasteiger partial charge >= 0.3 is 0 Å². The van der Waals surface area contributed by atoms with E-state index >= 15 is 0 Å². The number of hydrogen-bond donors (Lipinski definition) is 0. The molecule has 2 heterocycles. The number of aryl methyl sites for hydroxylation is 1. The maximum Gasteiger partial charge on any atom is 0.219 e. The van der Waals surface area contributed by atoms with Crippen molar-refractivity contribution in [3.8, 4) is 11.6 Å². The molecule has 18 heavy (non-hydrogen) atoms. The van der Waals surface area contributed by atoms with Crippen LogP contribution in [0, 0.1) is 0 Å². The Morgan fingerprint density at radius 3 is 2.94 bits per heavy atom. The average molecular weight is 286 g/mol. The van der Waals surface area contributed by atoms with Gasteiger partial charge in [0.15, 0.2) is 5.75 Å². The molecule has 0 amide bonds. The van der Waals surface area contributed by atoms with Gasteiger partial charge in [0, 0.05) is 12.6 Å². The largest absolute Gasteiger partial charge is 0.436 e. The van der Waals surface area contributed by atoms with Crippen LogP contribution in [0.4, 0.5) is 0 Å². The van der Waals surface area contributed by atoms with Gasteiger partial charge in [0.2, 0.25) is 5.88 Å². The first-order chi connectivity index (χ1) is 8.72. The highest BCUT2D eigenvalue weighted by Gasteiger charge is 2.06. The fraction of sp³-hybridized carbons (Fsp3) is 0.333. The van der Waals surface area contributed by atoms with Gasteiger partial charge in [0.25, 0.3) is 0 Å². The summed E-state index contributed by atoms with van der Waals surface area (Å²) in [7, 11) is 0. The number of aromatic nitrogens is 3. The van der Waals surface area contributed by atoms with Crippen LogP contribution >= 0.6 is 23.2 Å². The maximum absolute atomic E-state index is 5.93. The molecule has 0 fully saturated rings. The molecule has 0 saturated carbocycles. The van der Waals surface area contributed by atoms with E-state index in [9.17, 15) is 0 Å². The monoisotopic (exact) mass is 285 g/mol. The van der Waals surface area contributed by atoms with Crippen molar-refractivity contribution in [2.75, 3.05) is 0 Å². The second kappa shape index (κ2) is 6.07. The van der Waals surface area contributed by atoms with Crippen molar-refractivity contribution >= 4 is 23.2 Å². The zero-order valence-corrected chi connectivity index (χ0v) is 11.4. The van der Waals surface area contributed by atoms with E-state index in [1.807, 2.05) is 10.9 Å². The number of hydrogen-bond acceptors (Lipinski definition) is 3. The van der Waals surface area contributed by atoms with Crippen LogP contribution in [-0.4, -0.2) is 14.8 Å². The lowest BCUT2D eigenvalue weighted by atomic mass is 10.4. The van der Waals surface area contributed by atoms with E-state index in [2.05, 4.69) is 17.0 Å². The Morgan fingerprint density at radius 1 is 1.39 bits per heavy atom. The quantitative estimate of drug-likeness (QED) is 0.783. The van der Waals surface area contributed by atoms with Gasteiger partial charge in [-0.05, 0) is 12.5 Å². The molecular formula is C12H13Cl2N3O. The molecule has 0 unspecified atom stereocenters. The zero-order valence-electron chi connectivity index (χ0n) is 9.94. The third-order valence-corrected chi connectivity index (χ3v) is 2.90. The highest BCUT2D eigenvalue weighted by Crippen LogP contribution is 2.23. The predicted octanol–water partition coefficient (Wildman–Crippen LogP) is 3.87. The summed E-state index contributed by atoms with van der Waals surface area (Å²) >= 11 is 11.7. The fourth-order valence-corrected chi connectivity index (χ4v) is 1.93. The second-order valence-electron chi connectivity index (χ2n) is 3.75. The third-order valence-electron chi connectivity index (χ3n) is 2.30. The number of halogens is 2. The summed E-state index contributed by atoms with van der Waals surface area (Å²) in [4.78, 5) is 4.22. The van der Waals surface area contributed by atoms with Crippen LogP contribution in [0.1, 0.15) is 19.0 Å². The van der Waals surface area contributed by atoms with E-state index in [1.54, 1.807) is 18.3 Å². The van der Waals surface area contributed by atoms with E-state index in [0.717, 1.165) is 13.0 Å². The molecule has 0 radical (unpaired) electrons. The summed E-state index contributed by atoms with van der Waals surface area (Å²) in [5, 5.41) is 4.71. The van der Waals surface area contributed by atoms with Crippen LogP contribution in [0.15, 0.2) is 24.5 Å². The molecule has 0 saturated heterocycles. The lowest BCUT2D eigenvalue weighted by Crippen LogP contribution is -1.95. The molecule has 0 aliphatic rings. The molecule has 4 nitrogen and oxygen atoms in total. The molecule has 0 aromatic carbocycles. The molecule has 0 N–H and O–H groups in total. The summed E-state index contributed by atoms with van der Waals surface area (Å²) < 4.78 is 7.42. The van der Waals surface area contributed by atoms with Crippen LogP contribution < -0.4 is 4.74 Å². The Hall–Kier alpha value is -1.26. The highest BCUT2D eigenvalue weighted by molar-refractivity contribution is 6.32. The Balaban J connectivity index is 2.12. The Labute approximate surface area is 115 Å². The Morgan fingerprint density at radius 2 is 2.22 bits per heavy atom. The van der Waals surface area contributed by atoms with Gasteiger partial charge in [-0.1, -0.05) is 18.5 Å². The van der Waals surface area contributed by atoms with Gasteiger partial charge in [-0.3, -0.25) is 4.68 Å². The summed E-state index contributed by atoms with van der Waals surface area (Å²) in [6.07, 6.45) is 4.52. The molecule has 2 aromatic heterocycles. The first kappa shape index (κ1) is 13.2. The van der Waals surface area contributed by atoms with Crippen molar-refractivity contribution in [1.82, 2.24) is 14.8 Å². The molecule has 0 atom stereocenters. The maximum atomic E-state index is 5.93. The molecule has 0 aliphatic carbocycles. The van der Waals surface area contributed by atoms with Gasteiger partial charge < -0.3 is 4.74 Å². The van der Waals surface area contributed by atoms with Crippen molar-refractivity contribution in [1.29, 1.82) is 0 Å². The SMILES string of the molecule is CCCn1cc(Oc2ccc(Cl)c(CCl)n2)cn1. The molecule has 2 rings (SSSR count). The van der Waals surface area contributed by atoms with Gasteiger partial charge in [0.1, 0.15) is 0 Å². The van der Waals surface area contributed by atoms with Gasteiger partial charge in [-0.15, -0.1) is 11.6 Å². The molecule has 2 aromatic rings. The number of ether oxygens (including phenoxy) is 1. The van der Waals surface area contributed by atoms with E-state index in [1.165, 1.54) is 0 Å². The zero-order chi connectivity index (χ0) is 13.0. The number of nitrogens with zero attached hydrogens (tertiary/aromatic N) is 3. The summed E-state index contributed by atoms with van der Waals surface area (Å²) in [6.45, 7) is 2.96. The van der Waals surface area contributed by atoms with Crippen molar-refractivity contribution in [3.63, 3.8) is 0 Å². The van der Waals surface area contributed by atoms with Crippen LogP contribution in [0.25, 0.3) is 0 Å². The Kier molecular flexibility index (Phi) is 4.44. The standard InChI is InChI=1S/C12H13Cl2N3O/c1-2-5-17-8-9(7-15-17)18-12-4-3-10(14)11(6-13)16-12/h3-4,7-8H,2,5-6H2,1H3.